The van der Waals surface area contributed by atoms with Gasteiger partial charge in [-0.25, -0.2) is 0 Å². The zero-order valence-electron chi connectivity index (χ0n) is 10.7. The second-order valence-electron chi connectivity index (χ2n) is 4.62. The fourth-order valence-corrected chi connectivity index (χ4v) is 1.76. The summed E-state index contributed by atoms with van der Waals surface area (Å²) in [6.45, 7) is 9.62. The number of carbonyl (C=O) groups excluding carboxylic acids is 1. The van der Waals surface area contributed by atoms with Gasteiger partial charge < -0.3 is 5.32 Å². The Morgan fingerprint density at radius 2 is 2.24 bits per heavy atom. The highest BCUT2D eigenvalue weighted by atomic mass is 16.1. The summed E-state index contributed by atoms with van der Waals surface area (Å²) in [7, 11) is 0. The Kier molecular flexibility index (Phi) is 4.88. The summed E-state index contributed by atoms with van der Waals surface area (Å²) in [6, 6.07) is 3.74. The molecular weight excluding hydrogens is 212 g/mol. The van der Waals surface area contributed by atoms with Crippen LogP contribution >= 0.6 is 0 Å². The minimum atomic E-state index is -0.154. The van der Waals surface area contributed by atoms with Gasteiger partial charge >= 0.3 is 0 Å². The predicted molar refractivity (Wildman–Crippen MR) is 69.5 cm³/mol. The lowest BCUT2D eigenvalue weighted by molar-refractivity contribution is -0.119. The summed E-state index contributed by atoms with van der Waals surface area (Å²) in [5.41, 5.74) is 1.95. The molecule has 3 nitrogen and oxygen atoms in total. The van der Waals surface area contributed by atoms with Crippen LogP contribution < -0.4 is 5.32 Å². The summed E-state index contributed by atoms with van der Waals surface area (Å²) in [5, 5.41) is 3.19. The highest BCUT2D eigenvalue weighted by molar-refractivity contribution is 5.81. The Morgan fingerprint density at radius 3 is 2.71 bits per heavy atom. The van der Waals surface area contributed by atoms with Crippen LogP contribution in [0.3, 0.4) is 0 Å². The maximum atomic E-state index is 11.5. The van der Waals surface area contributed by atoms with Crippen LogP contribution in [0.15, 0.2) is 36.8 Å². The molecule has 1 heterocycles. The molecule has 3 heteroatoms. The van der Waals surface area contributed by atoms with Crippen molar-refractivity contribution in [1.29, 1.82) is 0 Å². The van der Waals surface area contributed by atoms with E-state index in [9.17, 15) is 4.79 Å². The summed E-state index contributed by atoms with van der Waals surface area (Å²) >= 11 is 0. The fraction of sp³-hybridized carbons (Fsp3) is 0.429. The minimum Gasteiger partial charge on any atom is -0.379 e. The van der Waals surface area contributed by atoms with Crippen molar-refractivity contribution in [3.05, 3.63) is 42.4 Å². The smallest absolute Gasteiger partial charge is 0.152 e. The van der Waals surface area contributed by atoms with E-state index in [0.717, 1.165) is 11.3 Å². The molecule has 0 aliphatic heterocycles. The molecule has 1 atom stereocenters. The van der Waals surface area contributed by atoms with E-state index < -0.39 is 0 Å². The van der Waals surface area contributed by atoms with Gasteiger partial charge in [0.2, 0.25) is 0 Å². The third-order valence-electron chi connectivity index (χ3n) is 2.60. The number of nitrogens with zero attached hydrogens (tertiary/aromatic N) is 1. The molecule has 1 rings (SSSR count). The van der Waals surface area contributed by atoms with E-state index in [1.807, 2.05) is 32.2 Å². The van der Waals surface area contributed by atoms with Crippen molar-refractivity contribution in [3.63, 3.8) is 0 Å². The van der Waals surface area contributed by atoms with Crippen molar-refractivity contribution in [2.45, 2.75) is 33.2 Å². The first-order valence-electron chi connectivity index (χ1n) is 5.84. The van der Waals surface area contributed by atoms with Crippen LogP contribution in [0.1, 0.15) is 26.3 Å². The summed E-state index contributed by atoms with van der Waals surface area (Å²) in [4.78, 5) is 15.5. The number of allylic oxidation sites excluding steroid dienone is 1. The number of carbonyl (C=O) groups is 1. The number of aromatic nitrogens is 1. The third kappa shape index (κ3) is 4.39. The first-order chi connectivity index (χ1) is 8.00. The Balaban J connectivity index is 2.57. The maximum absolute atomic E-state index is 11.5. The van der Waals surface area contributed by atoms with Gasteiger partial charge in [-0.15, -0.1) is 0 Å². The van der Waals surface area contributed by atoms with Crippen molar-refractivity contribution in [1.82, 2.24) is 10.3 Å². The first-order valence-corrected chi connectivity index (χ1v) is 5.84. The minimum absolute atomic E-state index is 0.146. The van der Waals surface area contributed by atoms with Gasteiger partial charge in [0.05, 0.1) is 6.04 Å². The molecule has 92 valence electrons. The van der Waals surface area contributed by atoms with E-state index in [0.29, 0.717) is 6.42 Å². The zero-order chi connectivity index (χ0) is 12.8. The van der Waals surface area contributed by atoms with Crippen LogP contribution in [0.4, 0.5) is 0 Å². The number of ketones is 1. The normalized spacial score (nSPS) is 12.2. The molecule has 0 fully saturated rings. The molecule has 0 bridgehead atoms. The SMILES string of the molecule is C=C(Cc1cccnc1)NC(C(C)=O)C(C)C. The highest BCUT2D eigenvalue weighted by Gasteiger charge is 2.18. The molecule has 0 spiro atoms. The maximum Gasteiger partial charge on any atom is 0.152 e. The standard InChI is InChI=1S/C14H20N2O/c1-10(2)14(12(4)17)16-11(3)8-13-6-5-7-15-9-13/h5-7,9-10,14,16H,3,8H2,1-2,4H3. The molecule has 1 aromatic heterocycles. The molecule has 0 aliphatic rings. The average molecular weight is 232 g/mol. The van der Waals surface area contributed by atoms with Crippen LogP contribution in [0.2, 0.25) is 0 Å². The molecule has 1 unspecified atom stereocenters. The largest absolute Gasteiger partial charge is 0.379 e. The van der Waals surface area contributed by atoms with Crippen LogP contribution in [-0.2, 0) is 11.2 Å². The summed E-state index contributed by atoms with van der Waals surface area (Å²) in [5.74, 6) is 0.408. The lowest BCUT2D eigenvalue weighted by atomic mass is 10.00. The number of nitrogens with one attached hydrogen (secondary N) is 1. The van der Waals surface area contributed by atoms with Crippen molar-refractivity contribution in [2.75, 3.05) is 0 Å². The molecule has 1 aromatic rings. The molecule has 0 aliphatic carbocycles. The zero-order valence-corrected chi connectivity index (χ0v) is 10.7. The second-order valence-corrected chi connectivity index (χ2v) is 4.62. The van der Waals surface area contributed by atoms with Crippen LogP contribution in [0.5, 0.6) is 0 Å². The van der Waals surface area contributed by atoms with Gasteiger partial charge in [0, 0.05) is 24.5 Å². The van der Waals surface area contributed by atoms with Crippen LogP contribution in [-0.4, -0.2) is 16.8 Å². The Morgan fingerprint density at radius 1 is 1.53 bits per heavy atom. The quantitative estimate of drug-likeness (QED) is 0.818. The van der Waals surface area contributed by atoms with Crippen LogP contribution in [0, 0.1) is 5.92 Å². The van der Waals surface area contributed by atoms with Gasteiger partial charge in [-0.3, -0.25) is 9.78 Å². The molecule has 17 heavy (non-hydrogen) atoms. The average Bonchev–Trinajstić information content (AvgIpc) is 2.26. The lowest BCUT2D eigenvalue weighted by Gasteiger charge is -2.22. The van der Waals surface area contributed by atoms with Gasteiger partial charge in [-0.1, -0.05) is 26.5 Å². The molecule has 0 saturated heterocycles. The molecule has 1 N–H and O–H groups in total. The number of Topliss-reactive ketones (excluding diaryl/α,β-unsaturated/α-hetero) is 1. The van der Waals surface area contributed by atoms with Gasteiger partial charge in [0.25, 0.3) is 0 Å². The van der Waals surface area contributed by atoms with Gasteiger partial charge in [-0.05, 0) is 24.5 Å². The van der Waals surface area contributed by atoms with E-state index >= 15 is 0 Å². The number of hydrogen-bond acceptors (Lipinski definition) is 3. The van der Waals surface area contributed by atoms with Gasteiger partial charge in [-0.2, -0.15) is 0 Å². The van der Waals surface area contributed by atoms with E-state index in [2.05, 4.69) is 16.9 Å². The summed E-state index contributed by atoms with van der Waals surface area (Å²) < 4.78 is 0. The van der Waals surface area contributed by atoms with E-state index in [1.54, 1.807) is 13.1 Å². The van der Waals surface area contributed by atoms with Crippen LogP contribution in [0.25, 0.3) is 0 Å². The van der Waals surface area contributed by atoms with Crippen molar-refractivity contribution in [2.24, 2.45) is 5.92 Å². The second kappa shape index (κ2) is 6.18. The first kappa shape index (κ1) is 13.4. The highest BCUT2D eigenvalue weighted by Crippen LogP contribution is 2.08. The molecule has 0 amide bonds. The number of hydrogen-bond donors (Lipinski definition) is 1. The van der Waals surface area contributed by atoms with E-state index in [1.165, 1.54) is 0 Å². The molecule has 0 saturated carbocycles. The Labute approximate surface area is 103 Å². The monoisotopic (exact) mass is 232 g/mol. The third-order valence-corrected chi connectivity index (χ3v) is 2.60. The topological polar surface area (TPSA) is 42.0 Å². The van der Waals surface area contributed by atoms with E-state index in [-0.39, 0.29) is 17.7 Å². The van der Waals surface area contributed by atoms with Gasteiger partial charge in [0.15, 0.2) is 5.78 Å². The lowest BCUT2D eigenvalue weighted by Crippen LogP contribution is -2.39. The van der Waals surface area contributed by atoms with Crippen molar-refractivity contribution in [3.8, 4) is 0 Å². The molecule has 0 aromatic carbocycles. The molecular formula is C14H20N2O. The van der Waals surface area contributed by atoms with Crippen molar-refractivity contribution < 1.29 is 4.79 Å². The predicted octanol–water partition coefficient (Wildman–Crippen LogP) is 2.34. The fourth-order valence-electron chi connectivity index (χ4n) is 1.76. The number of pyridine rings is 1. The molecule has 0 radical (unpaired) electrons. The Bertz CT molecular complexity index is 384. The van der Waals surface area contributed by atoms with Gasteiger partial charge in [0.1, 0.15) is 0 Å². The van der Waals surface area contributed by atoms with E-state index in [4.69, 9.17) is 0 Å². The Hall–Kier alpha value is -1.64. The number of rotatable bonds is 6. The summed E-state index contributed by atoms with van der Waals surface area (Å²) in [6.07, 6.45) is 4.25. The van der Waals surface area contributed by atoms with Crippen molar-refractivity contribution >= 4 is 5.78 Å².